The van der Waals surface area contributed by atoms with Gasteiger partial charge in [0.15, 0.2) is 0 Å². The summed E-state index contributed by atoms with van der Waals surface area (Å²) in [5, 5.41) is 3.03. The predicted molar refractivity (Wildman–Crippen MR) is 53.8 cm³/mol. The molecule has 1 heterocycles. The average Bonchev–Trinajstić information content (AvgIpc) is 2.26. The molecule has 90 valence electrons. The highest BCUT2D eigenvalue weighted by Gasteiger charge is 2.32. The quantitative estimate of drug-likeness (QED) is 0.789. The van der Waals surface area contributed by atoms with Gasteiger partial charge in [0.25, 0.3) is 0 Å². The van der Waals surface area contributed by atoms with Gasteiger partial charge in [-0.1, -0.05) is 0 Å². The Morgan fingerprint density at radius 1 is 1.47 bits per heavy atom. The maximum atomic E-state index is 12.1. The molecule has 0 spiro atoms. The second-order valence-electron chi connectivity index (χ2n) is 4.61. The van der Waals surface area contributed by atoms with Gasteiger partial charge in [-0.15, -0.1) is 0 Å². The summed E-state index contributed by atoms with van der Waals surface area (Å²) in [4.78, 5) is 2.16. The lowest BCUT2D eigenvalue weighted by Gasteiger charge is -2.20. The number of hydrogen-bond donors (Lipinski definition) is 1. The summed E-state index contributed by atoms with van der Waals surface area (Å²) in [5.74, 6) is 0. The number of alkyl halides is 3. The lowest BCUT2D eigenvalue weighted by molar-refractivity contribution is -0.139. The molecule has 1 fully saturated rings. The Balaban J connectivity index is 2.30. The predicted octanol–water partition coefficient (Wildman–Crippen LogP) is 2.01. The van der Waals surface area contributed by atoms with E-state index < -0.39 is 18.6 Å². The van der Waals surface area contributed by atoms with E-state index in [9.17, 15) is 13.2 Å². The van der Waals surface area contributed by atoms with Crippen LogP contribution in [0.2, 0.25) is 0 Å². The molecule has 0 aromatic heterocycles. The lowest BCUT2D eigenvalue weighted by atomic mass is 10.1. The highest BCUT2D eigenvalue weighted by Crippen LogP contribution is 2.22. The first kappa shape index (κ1) is 12.8. The molecule has 1 aliphatic rings. The van der Waals surface area contributed by atoms with E-state index in [2.05, 4.69) is 17.1 Å². The van der Waals surface area contributed by atoms with Crippen molar-refractivity contribution in [3.63, 3.8) is 0 Å². The number of rotatable bonds is 3. The van der Waals surface area contributed by atoms with Gasteiger partial charge in [-0.25, -0.2) is 0 Å². The maximum absolute atomic E-state index is 12.1. The highest BCUT2D eigenvalue weighted by molar-refractivity contribution is 4.86. The second kappa shape index (κ2) is 4.70. The van der Waals surface area contributed by atoms with Crippen LogP contribution in [0.15, 0.2) is 0 Å². The molecule has 1 rings (SSSR count). The van der Waals surface area contributed by atoms with Crippen molar-refractivity contribution in [2.45, 2.75) is 51.0 Å². The average molecular weight is 224 g/mol. The summed E-state index contributed by atoms with van der Waals surface area (Å²) in [6.07, 6.45) is -3.89. The van der Waals surface area contributed by atoms with E-state index in [1.165, 1.54) is 0 Å². The number of nitrogens with one attached hydrogen (secondary N) is 1. The van der Waals surface area contributed by atoms with Gasteiger partial charge < -0.3 is 10.2 Å². The molecule has 5 heteroatoms. The van der Waals surface area contributed by atoms with Crippen LogP contribution >= 0.6 is 0 Å². The summed E-state index contributed by atoms with van der Waals surface area (Å²) in [5.41, 5.74) is 0. The van der Waals surface area contributed by atoms with E-state index in [1.807, 2.05) is 7.05 Å². The van der Waals surface area contributed by atoms with Crippen molar-refractivity contribution in [2.75, 3.05) is 13.6 Å². The molecule has 0 radical (unpaired) electrons. The van der Waals surface area contributed by atoms with E-state index in [0.717, 1.165) is 13.0 Å². The van der Waals surface area contributed by atoms with Crippen molar-refractivity contribution in [3.05, 3.63) is 0 Å². The van der Waals surface area contributed by atoms with Gasteiger partial charge in [0.05, 0.1) is 6.42 Å². The number of nitrogens with zero attached hydrogens (tertiary/aromatic N) is 1. The van der Waals surface area contributed by atoms with E-state index in [-0.39, 0.29) is 6.04 Å². The molecule has 1 aliphatic heterocycles. The third-order valence-electron chi connectivity index (χ3n) is 2.94. The Labute approximate surface area is 88.8 Å². The minimum Gasteiger partial charge on any atom is -0.310 e. The number of likely N-dealkylation sites (tertiary alicyclic amines) is 1. The fraction of sp³-hybridized carbons (Fsp3) is 1.00. The standard InChI is InChI=1S/C10H19F3N2/c1-7(5-10(11,12)13)14-9-4-8(2)15(3)6-9/h7-9,14H,4-6H2,1-3H3. The molecule has 0 saturated carbocycles. The SMILES string of the molecule is CC(CC(F)(F)F)NC1CC(C)N(C)C1. The highest BCUT2D eigenvalue weighted by atomic mass is 19.4. The summed E-state index contributed by atoms with van der Waals surface area (Å²) in [6, 6.07) is 0.164. The largest absolute Gasteiger partial charge is 0.390 e. The third-order valence-corrected chi connectivity index (χ3v) is 2.94. The molecular weight excluding hydrogens is 205 g/mol. The molecule has 3 atom stereocenters. The Kier molecular flexibility index (Phi) is 4.00. The summed E-state index contributed by atoms with van der Waals surface area (Å²) >= 11 is 0. The first-order valence-electron chi connectivity index (χ1n) is 5.31. The number of hydrogen-bond acceptors (Lipinski definition) is 2. The zero-order valence-corrected chi connectivity index (χ0v) is 9.43. The first-order valence-corrected chi connectivity index (χ1v) is 5.31. The van der Waals surface area contributed by atoms with Gasteiger partial charge in [-0.3, -0.25) is 0 Å². The molecule has 0 bridgehead atoms. The molecule has 15 heavy (non-hydrogen) atoms. The monoisotopic (exact) mass is 224 g/mol. The number of likely N-dealkylation sites (N-methyl/N-ethyl adjacent to an activating group) is 1. The smallest absolute Gasteiger partial charge is 0.310 e. The summed E-state index contributed by atoms with van der Waals surface area (Å²) in [7, 11) is 2.00. The van der Waals surface area contributed by atoms with Gasteiger partial charge >= 0.3 is 6.18 Å². The molecule has 0 aromatic rings. The molecule has 0 amide bonds. The first-order chi connectivity index (χ1) is 6.78. The molecule has 0 aromatic carbocycles. The van der Waals surface area contributed by atoms with Gasteiger partial charge in [-0.05, 0) is 27.3 Å². The van der Waals surface area contributed by atoms with Crippen molar-refractivity contribution in [3.8, 4) is 0 Å². The van der Waals surface area contributed by atoms with Crippen molar-refractivity contribution in [1.82, 2.24) is 10.2 Å². The fourth-order valence-electron chi connectivity index (χ4n) is 2.12. The molecule has 3 unspecified atom stereocenters. The fourth-order valence-corrected chi connectivity index (χ4v) is 2.12. The molecular formula is C10H19F3N2. The topological polar surface area (TPSA) is 15.3 Å². The third kappa shape index (κ3) is 4.38. The normalized spacial score (nSPS) is 30.8. The Hall–Kier alpha value is -0.290. The van der Waals surface area contributed by atoms with Gasteiger partial charge in [0.1, 0.15) is 0 Å². The summed E-state index contributed by atoms with van der Waals surface area (Å²) in [6.45, 7) is 4.52. The number of halogens is 3. The molecule has 1 saturated heterocycles. The van der Waals surface area contributed by atoms with E-state index >= 15 is 0 Å². The van der Waals surface area contributed by atoms with Crippen LogP contribution < -0.4 is 5.32 Å². The van der Waals surface area contributed by atoms with Gasteiger partial charge in [0.2, 0.25) is 0 Å². The minimum atomic E-state index is -4.07. The minimum absolute atomic E-state index is 0.197. The van der Waals surface area contributed by atoms with Crippen molar-refractivity contribution in [1.29, 1.82) is 0 Å². The molecule has 1 N–H and O–H groups in total. The van der Waals surface area contributed by atoms with Crippen LogP contribution in [-0.4, -0.2) is 42.8 Å². The van der Waals surface area contributed by atoms with Crippen LogP contribution in [0, 0.1) is 0 Å². The zero-order valence-electron chi connectivity index (χ0n) is 9.43. The summed E-state index contributed by atoms with van der Waals surface area (Å²) < 4.78 is 36.2. The van der Waals surface area contributed by atoms with Gasteiger partial charge in [0, 0.05) is 24.7 Å². The zero-order chi connectivity index (χ0) is 11.6. The Bertz CT molecular complexity index is 195. The van der Waals surface area contributed by atoms with E-state index in [4.69, 9.17) is 0 Å². The van der Waals surface area contributed by atoms with Crippen molar-refractivity contribution >= 4 is 0 Å². The van der Waals surface area contributed by atoms with Crippen LogP contribution in [0.1, 0.15) is 26.7 Å². The van der Waals surface area contributed by atoms with Crippen LogP contribution in [0.5, 0.6) is 0 Å². The van der Waals surface area contributed by atoms with Crippen molar-refractivity contribution < 1.29 is 13.2 Å². The van der Waals surface area contributed by atoms with Crippen LogP contribution in [-0.2, 0) is 0 Å². The Morgan fingerprint density at radius 2 is 2.07 bits per heavy atom. The van der Waals surface area contributed by atoms with E-state index in [0.29, 0.717) is 6.04 Å². The maximum Gasteiger partial charge on any atom is 0.390 e. The molecule has 0 aliphatic carbocycles. The lowest BCUT2D eigenvalue weighted by Crippen LogP contribution is -2.40. The second-order valence-corrected chi connectivity index (χ2v) is 4.61. The van der Waals surface area contributed by atoms with E-state index in [1.54, 1.807) is 6.92 Å². The van der Waals surface area contributed by atoms with Crippen LogP contribution in [0.4, 0.5) is 13.2 Å². The van der Waals surface area contributed by atoms with Crippen molar-refractivity contribution in [2.24, 2.45) is 0 Å². The Morgan fingerprint density at radius 3 is 2.47 bits per heavy atom. The van der Waals surface area contributed by atoms with Crippen LogP contribution in [0.25, 0.3) is 0 Å². The molecule has 2 nitrogen and oxygen atoms in total. The van der Waals surface area contributed by atoms with Crippen LogP contribution in [0.3, 0.4) is 0 Å². The van der Waals surface area contributed by atoms with Gasteiger partial charge in [-0.2, -0.15) is 13.2 Å².